The molecule has 0 bridgehead atoms. The first-order valence-corrected chi connectivity index (χ1v) is 11.4. The van der Waals surface area contributed by atoms with Crippen LogP contribution >= 0.6 is 0 Å². The van der Waals surface area contributed by atoms with Crippen LogP contribution in [0.2, 0.25) is 0 Å². The summed E-state index contributed by atoms with van der Waals surface area (Å²) in [7, 11) is -0.0409. The Hall–Kier alpha value is -3.50. The lowest BCUT2D eigenvalue weighted by molar-refractivity contribution is 0.597. The van der Waals surface area contributed by atoms with Gasteiger partial charge < -0.3 is 10.2 Å². The van der Waals surface area contributed by atoms with Crippen LogP contribution in [0.15, 0.2) is 63.2 Å². The molecule has 0 saturated carbocycles. The predicted molar refractivity (Wildman–Crippen MR) is 131 cm³/mol. The van der Waals surface area contributed by atoms with E-state index < -0.39 is 10.0 Å². The molecule has 0 amide bonds. The minimum absolute atomic E-state index is 0.0354. The van der Waals surface area contributed by atoms with Crippen LogP contribution in [0.3, 0.4) is 0 Å². The molecule has 3 N–H and O–H groups in total. The molecule has 32 heavy (non-hydrogen) atoms. The average Bonchev–Trinajstić information content (AvgIpc) is 3.03. The monoisotopic (exact) mass is 453 g/mol. The Kier molecular flexibility index (Phi) is 6.47. The van der Waals surface area contributed by atoms with Crippen molar-refractivity contribution in [3.8, 4) is 0 Å². The minimum atomic E-state index is -3.85. The first kappa shape index (κ1) is 23.2. The normalized spacial score (nSPS) is 12.8. The number of aryl methyl sites for hydroxylation is 3. The van der Waals surface area contributed by atoms with Gasteiger partial charge in [-0.05, 0) is 69.5 Å². The molecule has 0 saturated heterocycles. The smallest absolute Gasteiger partial charge is 0.238 e. The van der Waals surface area contributed by atoms with Crippen LogP contribution in [0.25, 0.3) is 10.9 Å². The zero-order chi connectivity index (χ0) is 23.6. The van der Waals surface area contributed by atoms with Gasteiger partial charge in [0.2, 0.25) is 16.0 Å². The first-order chi connectivity index (χ1) is 15.0. The summed E-state index contributed by atoms with van der Waals surface area (Å²) in [5.41, 5.74) is 3.93. The topological polar surface area (TPSA) is 118 Å². The maximum atomic E-state index is 11.8. The largest absolute Gasteiger partial charge is 0.330 e. The molecule has 3 rings (SSSR count). The summed E-state index contributed by atoms with van der Waals surface area (Å²) in [5, 5.41) is 13.9. The third-order valence-corrected chi connectivity index (χ3v) is 6.28. The second-order valence-electron chi connectivity index (χ2n) is 7.36. The lowest BCUT2D eigenvalue weighted by Gasteiger charge is -2.20. The summed E-state index contributed by atoms with van der Waals surface area (Å²) in [4.78, 5) is 10.4. The van der Waals surface area contributed by atoms with Crippen LogP contribution in [0.5, 0.6) is 0 Å². The molecule has 0 aliphatic rings. The van der Waals surface area contributed by atoms with E-state index in [0.717, 1.165) is 22.3 Å². The van der Waals surface area contributed by atoms with Crippen LogP contribution in [0, 0.1) is 13.8 Å². The van der Waals surface area contributed by atoms with Crippen molar-refractivity contribution in [2.24, 2.45) is 22.2 Å². The van der Waals surface area contributed by atoms with E-state index in [2.05, 4.69) is 27.1 Å². The van der Waals surface area contributed by atoms with E-state index in [0.29, 0.717) is 17.1 Å². The lowest BCUT2D eigenvalue weighted by Crippen LogP contribution is -2.19. The van der Waals surface area contributed by atoms with Gasteiger partial charge in [-0.25, -0.2) is 18.5 Å². The van der Waals surface area contributed by atoms with Gasteiger partial charge in [0.15, 0.2) is 0 Å². The number of benzene rings is 2. The summed E-state index contributed by atoms with van der Waals surface area (Å²) in [5.74, 6) is 0.828. The van der Waals surface area contributed by atoms with Crippen molar-refractivity contribution in [2.45, 2.75) is 25.7 Å². The van der Waals surface area contributed by atoms with Gasteiger partial charge in [0, 0.05) is 36.6 Å². The second kappa shape index (κ2) is 8.93. The molecule has 0 atom stereocenters. The Morgan fingerprint density at radius 1 is 1.25 bits per heavy atom. The van der Waals surface area contributed by atoms with Crippen LogP contribution in [0.4, 0.5) is 11.4 Å². The Balaban J connectivity index is 1.91. The molecule has 3 aromatic rings. The molecule has 0 aliphatic heterocycles. The summed E-state index contributed by atoms with van der Waals surface area (Å²) in [6, 6.07) is 10.9. The number of aliphatic imine (C=N–C) groups is 2. The Morgan fingerprint density at radius 3 is 2.59 bits per heavy atom. The summed E-state index contributed by atoms with van der Waals surface area (Å²) >= 11 is 0. The average molecular weight is 454 g/mol. The molecule has 10 heteroatoms. The van der Waals surface area contributed by atoms with Crippen molar-refractivity contribution in [2.75, 3.05) is 17.3 Å². The highest BCUT2D eigenvalue weighted by Crippen LogP contribution is 2.26. The van der Waals surface area contributed by atoms with Gasteiger partial charge in [0.25, 0.3) is 0 Å². The quantitative estimate of drug-likeness (QED) is 0.454. The van der Waals surface area contributed by atoms with Crippen molar-refractivity contribution in [1.29, 1.82) is 0 Å². The molecule has 1 heterocycles. The Labute approximate surface area is 188 Å². The highest BCUT2D eigenvalue weighted by Gasteiger charge is 2.14. The fraction of sp³-hybridized carbons (Fsp3) is 0.227. The fourth-order valence-corrected chi connectivity index (χ4v) is 4.13. The van der Waals surface area contributed by atoms with E-state index in [4.69, 9.17) is 5.14 Å². The third-order valence-electron chi connectivity index (χ3n) is 5.22. The van der Waals surface area contributed by atoms with E-state index in [1.54, 1.807) is 19.1 Å². The molecule has 0 aliphatic carbocycles. The molecular weight excluding hydrogens is 426 g/mol. The summed E-state index contributed by atoms with van der Waals surface area (Å²) < 4.78 is 25.5. The number of anilines is 2. The highest BCUT2D eigenvalue weighted by atomic mass is 32.2. The number of rotatable bonds is 5. The number of guanidine groups is 1. The highest BCUT2D eigenvalue weighted by molar-refractivity contribution is 7.89. The minimum Gasteiger partial charge on any atom is -0.330 e. The van der Waals surface area contributed by atoms with E-state index >= 15 is 0 Å². The van der Waals surface area contributed by atoms with Gasteiger partial charge >= 0.3 is 0 Å². The van der Waals surface area contributed by atoms with Gasteiger partial charge in [-0.15, -0.1) is 0 Å². The van der Waals surface area contributed by atoms with Crippen molar-refractivity contribution in [3.63, 3.8) is 0 Å². The van der Waals surface area contributed by atoms with Gasteiger partial charge in [-0.3, -0.25) is 4.68 Å². The van der Waals surface area contributed by atoms with E-state index in [9.17, 15) is 8.42 Å². The fourth-order valence-electron chi connectivity index (χ4n) is 3.32. The number of aromatic nitrogens is 2. The molecule has 9 nitrogen and oxygen atoms in total. The first-order valence-electron chi connectivity index (χ1n) is 9.84. The van der Waals surface area contributed by atoms with E-state index in [1.165, 1.54) is 6.07 Å². The molecule has 0 spiro atoms. The van der Waals surface area contributed by atoms with Crippen LogP contribution in [-0.2, 0) is 17.1 Å². The SMILES string of the molecule is C=N/C(=N\C(=C/C)N(C)c1ccc2c(C)n(C)nc2c1)Nc1ccc(C)c(S(N)(=O)=O)c1. The molecule has 0 unspecified atom stereocenters. The number of hydrogen-bond donors (Lipinski definition) is 2. The predicted octanol–water partition coefficient (Wildman–Crippen LogP) is 3.30. The number of allylic oxidation sites excluding steroid dienone is 1. The molecule has 0 fully saturated rings. The van der Waals surface area contributed by atoms with Crippen molar-refractivity contribution < 1.29 is 8.42 Å². The maximum Gasteiger partial charge on any atom is 0.238 e. The molecular formula is C22H27N7O2S. The number of primary sulfonamides is 1. The number of nitrogens with one attached hydrogen (secondary N) is 1. The number of hydrogen-bond acceptors (Lipinski definition) is 5. The van der Waals surface area contributed by atoms with Gasteiger partial charge in [0.1, 0.15) is 5.82 Å². The third kappa shape index (κ3) is 4.71. The van der Waals surface area contributed by atoms with Crippen LogP contribution in [-0.4, -0.2) is 37.9 Å². The standard InChI is InChI=1S/C22H27N7O2S/c1-7-21(28(5)17-10-11-18-15(3)29(6)27-19(18)13-17)26-22(24-4)25-16-9-8-14(2)20(12-16)32(23,30)31/h7-13H,4H2,1-3,5-6H3,(H,25,26)(H2,23,30,31)/b21-7+. The van der Waals surface area contributed by atoms with E-state index in [1.807, 2.05) is 61.8 Å². The molecule has 168 valence electrons. The van der Waals surface area contributed by atoms with Gasteiger partial charge in [0.05, 0.1) is 10.4 Å². The van der Waals surface area contributed by atoms with Crippen LogP contribution < -0.4 is 15.4 Å². The van der Waals surface area contributed by atoms with E-state index in [-0.39, 0.29) is 10.9 Å². The van der Waals surface area contributed by atoms with Crippen molar-refractivity contribution in [3.05, 3.63) is 59.6 Å². The Bertz CT molecular complexity index is 1350. The van der Waals surface area contributed by atoms with Gasteiger partial charge in [-0.2, -0.15) is 10.1 Å². The molecule has 1 aromatic heterocycles. The van der Waals surface area contributed by atoms with Crippen molar-refractivity contribution >= 4 is 45.0 Å². The second-order valence-corrected chi connectivity index (χ2v) is 8.89. The zero-order valence-corrected chi connectivity index (χ0v) is 19.6. The number of fused-ring (bicyclic) bond motifs is 1. The number of sulfonamides is 1. The lowest BCUT2D eigenvalue weighted by atomic mass is 10.2. The summed E-state index contributed by atoms with van der Waals surface area (Å²) in [6.07, 6.45) is 1.84. The zero-order valence-electron chi connectivity index (χ0n) is 18.8. The van der Waals surface area contributed by atoms with Crippen LogP contribution in [0.1, 0.15) is 18.2 Å². The van der Waals surface area contributed by atoms with Gasteiger partial charge in [-0.1, -0.05) is 6.07 Å². The summed E-state index contributed by atoms with van der Waals surface area (Å²) in [6.45, 7) is 9.15. The molecule has 0 radical (unpaired) electrons. The number of nitrogens with zero attached hydrogens (tertiary/aromatic N) is 5. The Morgan fingerprint density at radius 2 is 1.97 bits per heavy atom. The maximum absolute atomic E-state index is 11.8. The molecule has 2 aromatic carbocycles. The number of nitrogens with two attached hydrogens (primary N) is 1. The van der Waals surface area contributed by atoms with Crippen molar-refractivity contribution in [1.82, 2.24) is 9.78 Å².